The van der Waals surface area contributed by atoms with Crippen LogP contribution in [0.3, 0.4) is 0 Å². The first-order valence-corrected chi connectivity index (χ1v) is 22.4. The zero-order valence-corrected chi connectivity index (χ0v) is 35.0. The van der Waals surface area contributed by atoms with Crippen LogP contribution in [0.25, 0.3) is 21.6 Å². The van der Waals surface area contributed by atoms with Crippen molar-refractivity contribution in [3.8, 4) is 16.6 Å². The van der Waals surface area contributed by atoms with Crippen LogP contribution in [0, 0.1) is 5.92 Å². The van der Waals surface area contributed by atoms with Gasteiger partial charge >= 0.3 is 0 Å². The van der Waals surface area contributed by atoms with E-state index >= 15 is 0 Å². The third-order valence-electron chi connectivity index (χ3n) is 11.6. The van der Waals surface area contributed by atoms with Crippen LogP contribution in [-0.4, -0.2) is 85.7 Å². The zero-order valence-electron chi connectivity index (χ0n) is 32.5. The van der Waals surface area contributed by atoms with Crippen molar-refractivity contribution in [3.63, 3.8) is 0 Å². The van der Waals surface area contributed by atoms with Gasteiger partial charge in [-0.05, 0) is 89.6 Å². The lowest BCUT2D eigenvalue weighted by atomic mass is 10.1. The summed E-state index contributed by atoms with van der Waals surface area (Å²) in [5, 5.41) is 8.79. The van der Waals surface area contributed by atoms with E-state index in [-0.39, 0.29) is 42.4 Å². The lowest BCUT2D eigenvalue weighted by Crippen LogP contribution is -2.58. The maximum absolute atomic E-state index is 14.5. The number of benzene rings is 1. The second kappa shape index (κ2) is 15.3. The van der Waals surface area contributed by atoms with E-state index < -0.39 is 56.2 Å². The highest BCUT2D eigenvalue weighted by Crippen LogP contribution is 2.47. The maximum Gasteiger partial charge on any atom is 0.297 e. The molecule has 0 radical (unpaired) electrons. The van der Waals surface area contributed by atoms with Crippen LogP contribution < -0.4 is 25.8 Å². The predicted octanol–water partition coefficient (Wildman–Crippen LogP) is 4.81. The zero-order chi connectivity index (χ0) is 40.2. The molecule has 2 aliphatic carbocycles. The van der Waals surface area contributed by atoms with E-state index in [9.17, 15) is 22.8 Å². The predicted molar refractivity (Wildman–Crippen MR) is 219 cm³/mol. The van der Waals surface area contributed by atoms with E-state index in [1.165, 1.54) is 4.90 Å². The highest BCUT2D eigenvalue weighted by atomic mass is 32.2. The van der Waals surface area contributed by atoms with E-state index in [4.69, 9.17) is 32.7 Å². The number of hydrogen-bond acceptors (Lipinski definition) is 10. The normalized spacial score (nSPS) is 27.2. The molecule has 302 valence electrons. The van der Waals surface area contributed by atoms with Crippen molar-refractivity contribution in [3.05, 3.63) is 41.4 Å². The Bertz CT molecular complexity index is 2180. The average molecular weight is 825 g/mol. The number of imidazole rings is 1. The summed E-state index contributed by atoms with van der Waals surface area (Å²) in [6.07, 6.45) is 8.04. The molecule has 5 atom stereocenters. The summed E-state index contributed by atoms with van der Waals surface area (Å²) in [6, 6.07) is 4.45. The fourth-order valence-corrected chi connectivity index (χ4v) is 10.3. The number of nitrogens with one attached hydrogen (secondary N) is 3. The van der Waals surface area contributed by atoms with Gasteiger partial charge in [-0.3, -0.25) is 23.7 Å². The van der Waals surface area contributed by atoms with E-state index in [1.54, 1.807) is 18.3 Å². The first kappa shape index (κ1) is 40.1. The van der Waals surface area contributed by atoms with Crippen LogP contribution in [-0.2, 0) is 24.4 Å². The second-order valence-electron chi connectivity index (χ2n) is 16.5. The number of amides is 3. The molecule has 2 aliphatic heterocycles. The molecule has 2 aromatic heterocycles. The molecule has 3 aromatic rings. The summed E-state index contributed by atoms with van der Waals surface area (Å²) < 4.78 is 36.3. The van der Waals surface area contributed by atoms with E-state index in [0.717, 1.165) is 53.0 Å². The molecule has 56 heavy (non-hydrogen) atoms. The largest absolute Gasteiger partial charge is 0.459 e. The molecule has 4 heterocycles. The molecule has 3 fully saturated rings. The monoisotopic (exact) mass is 824 g/mol. The van der Waals surface area contributed by atoms with Crippen LogP contribution in [0.1, 0.15) is 110 Å². The van der Waals surface area contributed by atoms with E-state index in [1.807, 2.05) is 48.8 Å². The van der Waals surface area contributed by atoms with Gasteiger partial charge in [0.15, 0.2) is 5.11 Å². The lowest BCUT2D eigenvalue weighted by Gasteiger charge is -2.30. The number of thiazole rings is 1. The minimum absolute atomic E-state index is 0.0265. The Hall–Kier alpha value is -4.09. The van der Waals surface area contributed by atoms with Crippen molar-refractivity contribution >= 4 is 67.4 Å². The molecule has 0 bridgehead atoms. The Balaban J connectivity index is 1.22. The van der Waals surface area contributed by atoms with Gasteiger partial charge < -0.3 is 26.0 Å². The van der Waals surface area contributed by atoms with Crippen LogP contribution >= 0.6 is 23.6 Å². The Morgan fingerprint density at radius 1 is 1.14 bits per heavy atom. The molecule has 3 amide bonds. The summed E-state index contributed by atoms with van der Waals surface area (Å²) in [5.74, 6) is -1.83. The number of nitrogens with two attached hydrogens (primary N) is 1. The van der Waals surface area contributed by atoms with Gasteiger partial charge in [0, 0.05) is 29.3 Å². The van der Waals surface area contributed by atoms with Gasteiger partial charge in [0.05, 0.1) is 22.5 Å². The van der Waals surface area contributed by atoms with Crippen LogP contribution in [0.2, 0.25) is 0 Å². The van der Waals surface area contributed by atoms with E-state index in [0.29, 0.717) is 25.3 Å². The molecule has 7 rings (SSSR count). The minimum atomic E-state index is -3.97. The highest BCUT2D eigenvalue weighted by Gasteiger charge is 2.63. The number of carbonyl (C=O) groups is 3. The van der Waals surface area contributed by atoms with Crippen molar-refractivity contribution in [1.82, 2.24) is 34.8 Å². The first-order valence-electron chi connectivity index (χ1n) is 19.6. The fourth-order valence-electron chi connectivity index (χ4n) is 7.79. The number of hydrogen-bond donors (Lipinski definition) is 4. The molecule has 5 N–H and O–H groups in total. The quantitative estimate of drug-likeness (QED) is 0.171. The van der Waals surface area contributed by atoms with Crippen LogP contribution in [0.5, 0.6) is 6.01 Å². The standard InChI is InChI=1S/C39H52N8O6S3/c1-22(2)28-21-55-33(41-28)26-13-11-15-29-31(26)43-37(47(29)23(3)4)53-25-18-30-32(48)44-39(35(50)45-56(51,52)38(5)16-17-38)19-24(39)12-9-7-6-8-10-14-27(42-36(40)54)34(49)46(30)20-25/h9,11-13,15,21-25,27,30H,6-8,10,14,16-20H2,1-5H3,(H,44,48)(H,45,50)(H3,40,42,54)/b12-9-/t24-,25+,27-,30-,39+/m0/s1. The van der Waals surface area contributed by atoms with Gasteiger partial charge in [0.1, 0.15) is 34.3 Å². The van der Waals surface area contributed by atoms with Gasteiger partial charge in [-0.2, -0.15) is 4.98 Å². The third kappa shape index (κ3) is 7.78. The Labute approximate surface area is 337 Å². The number of nitrogens with zero attached hydrogens (tertiary/aromatic N) is 4. The van der Waals surface area contributed by atoms with Crippen molar-refractivity contribution in [1.29, 1.82) is 0 Å². The summed E-state index contributed by atoms with van der Waals surface area (Å²) in [4.78, 5) is 54.2. The van der Waals surface area contributed by atoms with Gasteiger partial charge in [0.2, 0.25) is 21.8 Å². The SMILES string of the molecule is CC(C)c1csc(-c2cccc3c2nc(O[C@@H]2C[C@H]4C(=O)N[C@]5(C(=O)NS(=O)(=O)C6(C)CC6)C[C@@H]5/C=C\CCCCC[C@H](NC(N)=S)C(=O)N4C2)n3C(C)C)n1. The molecule has 1 aromatic carbocycles. The molecule has 14 nitrogen and oxygen atoms in total. The fraction of sp³-hybridized carbons (Fsp3) is 0.590. The number of allylic oxidation sites excluding steroid dienone is 1. The molecule has 1 saturated heterocycles. The summed E-state index contributed by atoms with van der Waals surface area (Å²) in [5.41, 5.74) is 7.92. The first-order chi connectivity index (χ1) is 26.5. The Morgan fingerprint density at radius 3 is 2.59 bits per heavy atom. The number of ether oxygens (including phenoxy) is 1. The molecule has 2 saturated carbocycles. The Kier molecular flexibility index (Phi) is 11.0. The smallest absolute Gasteiger partial charge is 0.297 e. The van der Waals surface area contributed by atoms with Crippen molar-refractivity contribution in [2.75, 3.05) is 6.54 Å². The topological polar surface area (TPSA) is 191 Å². The third-order valence-corrected chi connectivity index (χ3v) is 14.8. The molecule has 17 heteroatoms. The summed E-state index contributed by atoms with van der Waals surface area (Å²) in [6.45, 7) is 9.96. The van der Waals surface area contributed by atoms with Crippen LogP contribution in [0.15, 0.2) is 35.7 Å². The van der Waals surface area contributed by atoms with Gasteiger partial charge in [0.25, 0.3) is 11.9 Å². The second-order valence-corrected chi connectivity index (χ2v) is 20.0. The molecule has 4 aliphatic rings. The average Bonchev–Trinajstić information content (AvgIpc) is 3.80. The molecule has 0 spiro atoms. The number of sulfonamides is 1. The van der Waals surface area contributed by atoms with Crippen molar-refractivity contribution in [2.45, 2.75) is 133 Å². The number of carbonyl (C=O) groups excluding carboxylic acids is 3. The number of thiocarbonyl (C=S) groups is 1. The van der Waals surface area contributed by atoms with Crippen molar-refractivity contribution < 1.29 is 27.5 Å². The Morgan fingerprint density at radius 2 is 1.91 bits per heavy atom. The number of fused-ring (bicyclic) bond motifs is 3. The van der Waals surface area contributed by atoms with Gasteiger partial charge in [-0.15, -0.1) is 11.3 Å². The lowest BCUT2D eigenvalue weighted by molar-refractivity contribution is -0.141. The van der Waals surface area contributed by atoms with E-state index in [2.05, 4.69) is 34.6 Å². The highest BCUT2D eigenvalue weighted by molar-refractivity contribution is 7.91. The van der Waals surface area contributed by atoms with Crippen molar-refractivity contribution in [2.24, 2.45) is 11.7 Å². The molecular weight excluding hydrogens is 773 g/mol. The van der Waals surface area contributed by atoms with Gasteiger partial charge in [-0.1, -0.05) is 44.9 Å². The maximum atomic E-state index is 14.5. The summed E-state index contributed by atoms with van der Waals surface area (Å²) >= 11 is 6.74. The van der Waals surface area contributed by atoms with Crippen LogP contribution in [0.4, 0.5) is 0 Å². The molecule has 0 unspecified atom stereocenters. The van der Waals surface area contributed by atoms with Gasteiger partial charge in [-0.25, -0.2) is 13.4 Å². The number of para-hydroxylation sites is 1. The minimum Gasteiger partial charge on any atom is -0.459 e. The summed E-state index contributed by atoms with van der Waals surface area (Å²) in [7, 11) is -3.97. The number of aromatic nitrogens is 3. The molecular formula is C39H52N8O6S3. The number of rotatable bonds is 9.